The SMILES string of the molecule is COc1ccc(F)cc1C(O)Cn1c(=O)n(CC(C)(C)C(=O)NC(C)C)c(=O)c2c(C)c(-n3nccn3)sc21. The van der Waals surface area contributed by atoms with Gasteiger partial charge in [0.25, 0.3) is 5.56 Å². The van der Waals surface area contributed by atoms with Crippen LogP contribution in [0.5, 0.6) is 5.75 Å². The molecule has 0 aliphatic carbocycles. The first-order chi connectivity index (χ1) is 18.4. The molecule has 0 spiro atoms. The summed E-state index contributed by atoms with van der Waals surface area (Å²) in [5.41, 5.74) is -1.70. The number of fused-ring (bicyclic) bond motifs is 1. The molecule has 1 unspecified atom stereocenters. The highest BCUT2D eigenvalue weighted by atomic mass is 32.1. The van der Waals surface area contributed by atoms with Crippen molar-refractivity contribution in [3.63, 3.8) is 0 Å². The lowest BCUT2D eigenvalue weighted by Crippen LogP contribution is -2.48. The van der Waals surface area contributed by atoms with Crippen molar-refractivity contribution in [3.8, 4) is 10.8 Å². The van der Waals surface area contributed by atoms with Gasteiger partial charge in [-0.2, -0.15) is 10.2 Å². The number of carbonyl (C=O) groups excluding carboxylic acids is 1. The number of aryl methyl sites for hydroxylation is 1. The number of hydrogen-bond donors (Lipinski definition) is 2. The van der Waals surface area contributed by atoms with E-state index in [4.69, 9.17) is 4.74 Å². The average molecular weight is 559 g/mol. The Kier molecular flexibility index (Phi) is 7.75. The fourth-order valence-electron chi connectivity index (χ4n) is 4.36. The molecular weight excluding hydrogens is 527 g/mol. The summed E-state index contributed by atoms with van der Waals surface area (Å²) in [5, 5.41) is 23.1. The second kappa shape index (κ2) is 10.7. The van der Waals surface area contributed by atoms with Crippen molar-refractivity contribution < 1.29 is 19.0 Å². The fraction of sp³-hybridized carbons (Fsp3) is 0.423. The molecule has 39 heavy (non-hydrogen) atoms. The quantitative estimate of drug-likeness (QED) is 0.323. The van der Waals surface area contributed by atoms with Crippen LogP contribution in [0.3, 0.4) is 0 Å². The van der Waals surface area contributed by atoms with Crippen molar-refractivity contribution in [1.29, 1.82) is 0 Å². The Morgan fingerprint density at radius 2 is 1.87 bits per heavy atom. The summed E-state index contributed by atoms with van der Waals surface area (Å²) in [6, 6.07) is 3.60. The lowest BCUT2D eigenvalue weighted by atomic mass is 9.91. The van der Waals surface area contributed by atoms with Crippen molar-refractivity contribution >= 4 is 27.5 Å². The zero-order valence-electron chi connectivity index (χ0n) is 22.6. The first-order valence-corrected chi connectivity index (χ1v) is 13.1. The molecule has 0 saturated heterocycles. The third-order valence-corrected chi connectivity index (χ3v) is 7.64. The van der Waals surface area contributed by atoms with Crippen LogP contribution >= 0.6 is 11.3 Å². The lowest BCUT2D eigenvalue weighted by Gasteiger charge is -2.26. The Hall–Kier alpha value is -3.84. The van der Waals surface area contributed by atoms with E-state index in [1.54, 1.807) is 20.8 Å². The molecule has 1 amide bonds. The van der Waals surface area contributed by atoms with E-state index in [2.05, 4.69) is 15.5 Å². The average Bonchev–Trinajstić information content (AvgIpc) is 3.52. The summed E-state index contributed by atoms with van der Waals surface area (Å²) < 4.78 is 21.6. The van der Waals surface area contributed by atoms with E-state index in [1.165, 1.54) is 41.0 Å². The van der Waals surface area contributed by atoms with Crippen molar-refractivity contribution in [2.75, 3.05) is 7.11 Å². The standard InChI is InChI=1S/C26H31FN6O5S/c1-14(2)30-24(36)26(4,5)13-32-21(35)20-15(3)22(33-28-9-10-29-33)39-23(20)31(25(32)37)12-18(34)17-11-16(27)7-8-19(17)38-6/h7-11,14,18,34H,12-13H2,1-6H3,(H,30,36). The number of carbonyl (C=O) groups is 1. The molecule has 0 aliphatic rings. The highest BCUT2D eigenvalue weighted by Crippen LogP contribution is 2.33. The van der Waals surface area contributed by atoms with Crippen LogP contribution in [0.25, 0.3) is 15.2 Å². The van der Waals surface area contributed by atoms with Crippen molar-refractivity contribution in [3.05, 3.63) is 68.4 Å². The maximum atomic E-state index is 14.1. The topological polar surface area (TPSA) is 133 Å². The molecule has 13 heteroatoms. The first kappa shape index (κ1) is 28.2. The monoisotopic (exact) mass is 558 g/mol. The minimum absolute atomic E-state index is 0.132. The molecule has 3 heterocycles. The Labute approximate surface area is 227 Å². The van der Waals surface area contributed by atoms with E-state index in [1.807, 2.05) is 13.8 Å². The molecule has 0 bridgehead atoms. The number of methoxy groups -OCH3 is 1. The zero-order chi connectivity index (χ0) is 28.6. The fourth-order valence-corrected chi connectivity index (χ4v) is 5.58. The number of thiophene rings is 1. The number of hydrogen-bond acceptors (Lipinski definition) is 8. The number of nitrogens with one attached hydrogen (secondary N) is 1. The van der Waals surface area contributed by atoms with Gasteiger partial charge in [0.15, 0.2) is 0 Å². The molecule has 1 atom stereocenters. The predicted octanol–water partition coefficient (Wildman–Crippen LogP) is 2.55. The number of benzene rings is 1. The summed E-state index contributed by atoms with van der Waals surface area (Å²) in [7, 11) is 1.39. The molecule has 2 N–H and O–H groups in total. The zero-order valence-corrected chi connectivity index (χ0v) is 23.4. The van der Waals surface area contributed by atoms with Gasteiger partial charge in [0.2, 0.25) is 5.91 Å². The molecule has 1 aromatic carbocycles. The van der Waals surface area contributed by atoms with E-state index < -0.39 is 28.6 Å². The largest absolute Gasteiger partial charge is 0.496 e. The maximum Gasteiger partial charge on any atom is 0.332 e. The maximum absolute atomic E-state index is 14.1. The molecular formula is C26H31FN6O5S. The molecule has 11 nitrogen and oxygen atoms in total. The van der Waals surface area contributed by atoms with Crippen molar-refractivity contribution in [1.82, 2.24) is 29.4 Å². The summed E-state index contributed by atoms with van der Waals surface area (Å²) in [6.07, 6.45) is 1.63. The Balaban J connectivity index is 1.93. The first-order valence-electron chi connectivity index (χ1n) is 12.3. The van der Waals surface area contributed by atoms with Crippen LogP contribution in [0.15, 0.2) is 40.2 Å². The smallest absolute Gasteiger partial charge is 0.332 e. The lowest BCUT2D eigenvalue weighted by molar-refractivity contribution is -0.130. The molecule has 0 aliphatic heterocycles. The van der Waals surface area contributed by atoms with E-state index in [-0.39, 0.29) is 41.7 Å². The van der Waals surface area contributed by atoms with Crippen molar-refractivity contribution in [2.24, 2.45) is 5.41 Å². The van der Waals surface area contributed by atoms with Crippen LogP contribution in [0.4, 0.5) is 4.39 Å². The van der Waals surface area contributed by atoms with Gasteiger partial charge in [-0.1, -0.05) is 11.3 Å². The van der Waals surface area contributed by atoms with Gasteiger partial charge in [-0.25, -0.2) is 9.18 Å². The van der Waals surface area contributed by atoms with Gasteiger partial charge in [0, 0.05) is 23.7 Å². The number of aliphatic hydroxyl groups is 1. The van der Waals surface area contributed by atoms with E-state index in [0.29, 0.717) is 15.4 Å². The minimum atomic E-state index is -1.35. The molecule has 208 valence electrons. The van der Waals surface area contributed by atoms with Crippen LogP contribution in [-0.2, 0) is 17.9 Å². The number of amides is 1. The number of rotatable bonds is 9. The second-order valence-corrected chi connectivity index (χ2v) is 11.2. The van der Waals surface area contributed by atoms with Crippen LogP contribution in [-0.4, -0.2) is 48.3 Å². The van der Waals surface area contributed by atoms with Crippen LogP contribution < -0.4 is 21.3 Å². The third-order valence-electron chi connectivity index (χ3n) is 6.36. The van der Waals surface area contributed by atoms with Gasteiger partial charge in [-0.3, -0.25) is 18.7 Å². The van der Waals surface area contributed by atoms with Crippen LogP contribution in [0.1, 0.15) is 44.9 Å². The molecule has 0 radical (unpaired) electrons. The van der Waals surface area contributed by atoms with E-state index in [0.717, 1.165) is 22.0 Å². The third kappa shape index (κ3) is 5.36. The van der Waals surface area contributed by atoms with Gasteiger partial charge in [-0.05, 0) is 52.8 Å². The molecule has 0 saturated carbocycles. The number of halogens is 1. The van der Waals surface area contributed by atoms with E-state index in [9.17, 15) is 23.9 Å². The normalized spacial score (nSPS) is 12.7. The van der Waals surface area contributed by atoms with Crippen LogP contribution in [0.2, 0.25) is 0 Å². The highest BCUT2D eigenvalue weighted by Gasteiger charge is 2.32. The number of ether oxygens (including phenoxy) is 1. The molecule has 0 fully saturated rings. The summed E-state index contributed by atoms with van der Waals surface area (Å²) in [6.45, 7) is 8.15. The summed E-state index contributed by atoms with van der Waals surface area (Å²) >= 11 is 1.12. The van der Waals surface area contributed by atoms with Gasteiger partial charge in [0.05, 0.1) is 36.8 Å². The van der Waals surface area contributed by atoms with Gasteiger partial charge in [-0.15, -0.1) is 4.80 Å². The van der Waals surface area contributed by atoms with Gasteiger partial charge >= 0.3 is 5.69 Å². The highest BCUT2D eigenvalue weighted by molar-refractivity contribution is 7.21. The summed E-state index contributed by atoms with van der Waals surface area (Å²) in [4.78, 5) is 42.2. The second-order valence-electron chi connectivity index (χ2n) is 10.2. The Morgan fingerprint density at radius 1 is 1.21 bits per heavy atom. The van der Waals surface area contributed by atoms with Gasteiger partial charge < -0.3 is 15.2 Å². The van der Waals surface area contributed by atoms with E-state index >= 15 is 0 Å². The number of nitrogens with zero attached hydrogens (tertiary/aromatic N) is 5. The van der Waals surface area contributed by atoms with Crippen LogP contribution in [0, 0.1) is 18.2 Å². The summed E-state index contributed by atoms with van der Waals surface area (Å²) in [5.74, 6) is -0.649. The Morgan fingerprint density at radius 3 is 2.49 bits per heavy atom. The molecule has 4 rings (SSSR count). The van der Waals surface area contributed by atoms with Crippen molar-refractivity contribution in [2.45, 2.75) is 59.9 Å². The number of aliphatic hydroxyl groups excluding tert-OH is 1. The van der Waals surface area contributed by atoms with Gasteiger partial charge in [0.1, 0.15) is 27.5 Å². The Bertz CT molecular complexity index is 1640. The number of aromatic nitrogens is 5. The minimum Gasteiger partial charge on any atom is -0.496 e. The predicted molar refractivity (Wildman–Crippen MR) is 145 cm³/mol. The molecule has 3 aromatic heterocycles. The molecule has 4 aromatic rings.